The topological polar surface area (TPSA) is 72.0 Å². The van der Waals surface area contributed by atoms with E-state index in [1.807, 2.05) is 19.1 Å². The third kappa shape index (κ3) is 1.88. The van der Waals surface area contributed by atoms with E-state index in [-0.39, 0.29) is 11.7 Å². The second-order valence-electron chi connectivity index (χ2n) is 3.27. The van der Waals surface area contributed by atoms with Gasteiger partial charge in [0.1, 0.15) is 5.75 Å². The SMILES string of the molecule is Cc1nc(N)ncc1-c1ccc(O)cc1. The van der Waals surface area contributed by atoms with Gasteiger partial charge in [-0.1, -0.05) is 12.1 Å². The highest BCUT2D eigenvalue weighted by atomic mass is 16.3. The third-order valence-electron chi connectivity index (χ3n) is 2.18. The van der Waals surface area contributed by atoms with Crippen molar-refractivity contribution in [2.45, 2.75) is 6.92 Å². The van der Waals surface area contributed by atoms with Crippen molar-refractivity contribution in [2.24, 2.45) is 0 Å². The minimum Gasteiger partial charge on any atom is -0.508 e. The maximum atomic E-state index is 9.17. The molecular weight excluding hydrogens is 190 g/mol. The Bertz CT molecular complexity index is 480. The van der Waals surface area contributed by atoms with Crippen LogP contribution in [0, 0.1) is 6.92 Å². The van der Waals surface area contributed by atoms with Crippen LogP contribution in [0.4, 0.5) is 5.95 Å². The van der Waals surface area contributed by atoms with Crippen molar-refractivity contribution in [3.8, 4) is 16.9 Å². The second kappa shape index (κ2) is 3.57. The van der Waals surface area contributed by atoms with Crippen LogP contribution < -0.4 is 5.73 Å². The van der Waals surface area contributed by atoms with Crippen LogP contribution in [-0.4, -0.2) is 15.1 Å². The number of aromatic nitrogens is 2. The first-order valence-corrected chi connectivity index (χ1v) is 4.55. The van der Waals surface area contributed by atoms with E-state index < -0.39 is 0 Å². The predicted octanol–water partition coefficient (Wildman–Crippen LogP) is 1.74. The van der Waals surface area contributed by atoms with Crippen LogP contribution in [0.1, 0.15) is 5.69 Å². The van der Waals surface area contributed by atoms with Gasteiger partial charge >= 0.3 is 0 Å². The Hall–Kier alpha value is -2.10. The summed E-state index contributed by atoms with van der Waals surface area (Å²) < 4.78 is 0. The van der Waals surface area contributed by atoms with Crippen LogP contribution >= 0.6 is 0 Å². The zero-order chi connectivity index (χ0) is 10.8. The number of rotatable bonds is 1. The monoisotopic (exact) mass is 201 g/mol. The van der Waals surface area contributed by atoms with Gasteiger partial charge in [-0.3, -0.25) is 0 Å². The number of nitrogens with two attached hydrogens (primary N) is 1. The summed E-state index contributed by atoms with van der Waals surface area (Å²) in [7, 11) is 0. The van der Waals surface area contributed by atoms with Crippen LogP contribution in [0.5, 0.6) is 5.75 Å². The molecule has 1 aromatic heterocycles. The molecule has 15 heavy (non-hydrogen) atoms. The van der Waals surface area contributed by atoms with Crippen LogP contribution in [0.25, 0.3) is 11.1 Å². The number of phenolic OH excluding ortho intramolecular Hbond substituents is 1. The van der Waals surface area contributed by atoms with Gasteiger partial charge in [0.25, 0.3) is 0 Å². The van der Waals surface area contributed by atoms with Gasteiger partial charge in [-0.05, 0) is 24.6 Å². The van der Waals surface area contributed by atoms with Crippen molar-refractivity contribution in [2.75, 3.05) is 5.73 Å². The molecule has 4 nitrogen and oxygen atoms in total. The number of aryl methyl sites for hydroxylation is 1. The summed E-state index contributed by atoms with van der Waals surface area (Å²) in [6, 6.07) is 6.89. The lowest BCUT2D eigenvalue weighted by Gasteiger charge is -2.05. The smallest absolute Gasteiger partial charge is 0.220 e. The van der Waals surface area contributed by atoms with Crippen molar-refractivity contribution in [1.29, 1.82) is 0 Å². The first-order valence-electron chi connectivity index (χ1n) is 4.55. The minimum absolute atomic E-state index is 0.243. The number of phenols is 1. The fraction of sp³-hybridized carbons (Fsp3) is 0.0909. The number of aromatic hydroxyl groups is 1. The predicted molar refractivity (Wildman–Crippen MR) is 58.3 cm³/mol. The number of nitrogen functional groups attached to an aromatic ring is 1. The number of anilines is 1. The molecule has 3 N–H and O–H groups in total. The molecular formula is C11H11N3O. The molecule has 2 aromatic rings. The third-order valence-corrected chi connectivity index (χ3v) is 2.18. The average Bonchev–Trinajstić information content (AvgIpc) is 2.20. The standard InChI is InChI=1S/C11H11N3O/c1-7-10(6-13-11(12)14-7)8-2-4-9(15)5-3-8/h2-6,15H,1H3,(H2,12,13,14). The molecule has 0 saturated heterocycles. The zero-order valence-corrected chi connectivity index (χ0v) is 8.31. The van der Waals surface area contributed by atoms with Gasteiger partial charge in [0.2, 0.25) is 5.95 Å². The fourth-order valence-electron chi connectivity index (χ4n) is 1.41. The van der Waals surface area contributed by atoms with Gasteiger partial charge in [-0.25, -0.2) is 9.97 Å². The van der Waals surface area contributed by atoms with Gasteiger partial charge in [0.05, 0.1) is 5.69 Å². The van der Waals surface area contributed by atoms with E-state index in [2.05, 4.69) is 9.97 Å². The average molecular weight is 201 g/mol. The molecule has 0 aliphatic rings. The Kier molecular flexibility index (Phi) is 2.25. The van der Waals surface area contributed by atoms with E-state index in [0.29, 0.717) is 0 Å². The van der Waals surface area contributed by atoms with Crippen LogP contribution in [0.15, 0.2) is 30.5 Å². The molecule has 0 spiro atoms. The highest BCUT2D eigenvalue weighted by Crippen LogP contribution is 2.23. The van der Waals surface area contributed by atoms with Crippen LogP contribution in [0.3, 0.4) is 0 Å². The Morgan fingerprint density at radius 1 is 1.20 bits per heavy atom. The van der Waals surface area contributed by atoms with E-state index in [4.69, 9.17) is 10.8 Å². The minimum atomic E-state index is 0.243. The van der Waals surface area contributed by atoms with Crippen molar-refractivity contribution in [1.82, 2.24) is 9.97 Å². The molecule has 2 rings (SSSR count). The summed E-state index contributed by atoms with van der Waals surface area (Å²) in [5, 5.41) is 9.17. The number of hydrogen-bond donors (Lipinski definition) is 2. The van der Waals surface area contributed by atoms with Gasteiger partial charge in [0, 0.05) is 11.8 Å². The molecule has 0 saturated carbocycles. The molecule has 0 atom stereocenters. The lowest BCUT2D eigenvalue weighted by atomic mass is 10.1. The van der Waals surface area contributed by atoms with E-state index in [0.717, 1.165) is 16.8 Å². The Morgan fingerprint density at radius 2 is 1.87 bits per heavy atom. The first kappa shape index (κ1) is 9.45. The van der Waals surface area contributed by atoms with E-state index in [9.17, 15) is 0 Å². The molecule has 0 amide bonds. The molecule has 0 aliphatic carbocycles. The van der Waals surface area contributed by atoms with E-state index in [1.165, 1.54) is 0 Å². The maximum Gasteiger partial charge on any atom is 0.220 e. The van der Waals surface area contributed by atoms with Gasteiger partial charge in [-0.2, -0.15) is 0 Å². The second-order valence-corrected chi connectivity index (χ2v) is 3.27. The highest BCUT2D eigenvalue weighted by molar-refractivity contribution is 5.65. The molecule has 0 aliphatic heterocycles. The van der Waals surface area contributed by atoms with E-state index >= 15 is 0 Å². The van der Waals surface area contributed by atoms with Gasteiger partial charge in [-0.15, -0.1) is 0 Å². The summed E-state index contributed by atoms with van der Waals surface area (Å²) in [6.45, 7) is 1.88. The number of benzene rings is 1. The summed E-state index contributed by atoms with van der Waals surface area (Å²) in [5.41, 5.74) is 8.18. The van der Waals surface area contributed by atoms with Crippen molar-refractivity contribution < 1.29 is 5.11 Å². The molecule has 76 valence electrons. The lowest BCUT2D eigenvalue weighted by molar-refractivity contribution is 0.475. The molecule has 1 aromatic carbocycles. The van der Waals surface area contributed by atoms with Gasteiger partial charge < -0.3 is 10.8 Å². The summed E-state index contributed by atoms with van der Waals surface area (Å²) in [4.78, 5) is 8.02. The fourth-order valence-corrected chi connectivity index (χ4v) is 1.41. The molecule has 0 bridgehead atoms. The summed E-state index contributed by atoms with van der Waals surface area (Å²) >= 11 is 0. The summed E-state index contributed by atoms with van der Waals surface area (Å²) in [6.07, 6.45) is 1.68. The quantitative estimate of drug-likeness (QED) is 0.737. The largest absolute Gasteiger partial charge is 0.508 e. The Balaban J connectivity index is 2.49. The first-order chi connectivity index (χ1) is 7.16. The molecule has 0 unspecified atom stereocenters. The molecule has 0 fully saturated rings. The number of nitrogens with zero attached hydrogens (tertiary/aromatic N) is 2. The highest BCUT2D eigenvalue weighted by Gasteiger charge is 2.03. The normalized spacial score (nSPS) is 10.2. The Morgan fingerprint density at radius 3 is 2.47 bits per heavy atom. The van der Waals surface area contributed by atoms with Gasteiger partial charge in [0.15, 0.2) is 0 Å². The molecule has 1 heterocycles. The summed E-state index contributed by atoms with van der Waals surface area (Å²) in [5.74, 6) is 0.516. The van der Waals surface area contributed by atoms with Crippen molar-refractivity contribution in [3.63, 3.8) is 0 Å². The van der Waals surface area contributed by atoms with Crippen LogP contribution in [0.2, 0.25) is 0 Å². The molecule has 4 heteroatoms. The maximum absolute atomic E-state index is 9.17. The van der Waals surface area contributed by atoms with Crippen molar-refractivity contribution >= 4 is 5.95 Å². The van der Waals surface area contributed by atoms with Crippen molar-refractivity contribution in [3.05, 3.63) is 36.2 Å². The Labute approximate surface area is 87.4 Å². The van der Waals surface area contributed by atoms with E-state index in [1.54, 1.807) is 18.3 Å². The molecule has 0 radical (unpaired) electrons. The lowest BCUT2D eigenvalue weighted by Crippen LogP contribution is -1.97. The van der Waals surface area contributed by atoms with Crippen LogP contribution in [-0.2, 0) is 0 Å². The zero-order valence-electron chi connectivity index (χ0n) is 8.31. The number of hydrogen-bond acceptors (Lipinski definition) is 4.